The second-order valence-electron chi connectivity index (χ2n) is 4.47. The molecule has 1 saturated heterocycles. The Morgan fingerprint density at radius 2 is 1.80 bits per heavy atom. The average Bonchev–Trinajstić information content (AvgIpc) is 2.20. The van der Waals surface area contributed by atoms with Gasteiger partial charge < -0.3 is 10.6 Å². The SMILES string of the molecule is CCC1(CC)NC(=O)C(C(C)C)NC1=O. The Morgan fingerprint density at radius 1 is 1.27 bits per heavy atom. The van der Waals surface area contributed by atoms with Gasteiger partial charge in [-0.3, -0.25) is 9.59 Å². The summed E-state index contributed by atoms with van der Waals surface area (Å²) in [5.41, 5.74) is -0.692. The van der Waals surface area contributed by atoms with Crippen molar-refractivity contribution in [1.29, 1.82) is 0 Å². The third-order valence-corrected chi connectivity index (χ3v) is 3.24. The van der Waals surface area contributed by atoms with Crippen molar-refractivity contribution in [3.63, 3.8) is 0 Å². The van der Waals surface area contributed by atoms with Gasteiger partial charge in [0.15, 0.2) is 0 Å². The Balaban J connectivity index is 2.88. The van der Waals surface area contributed by atoms with Gasteiger partial charge in [-0.2, -0.15) is 0 Å². The number of carbonyl (C=O) groups excluding carboxylic acids is 2. The smallest absolute Gasteiger partial charge is 0.246 e. The maximum Gasteiger partial charge on any atom is 0.246 e. The highest BCUT2D eigenvalue weighted by molar-refractivity contribution is 5.99. The topological polar surface area (TPSA) is 58.2 Å². The molecule has 0 aromatic rings. The summed E-state index contributed by atoms with van der Waals surface area (Å²) in [5, 5.41) is 5.67. The van der Waals surface area contributed by atoms with Crippen molar-refractivity contribution in [1.82, 2.24) is 10.6 Å². The summed E-state index contributed by atoms with van der Waals surface area (Å²) in [6.45, 7) is 7.68. The predicted molar refractivity (Wildman–Crippen MR) is 58.2 cm³/mol. The Morgan fingerprint density at radius 3 is 2.20 bits per heavy atom. The van der Waals surface area contributed by atoms with Crippen LogP contribution < -0.4 is 10.6 Å². The number of hydrogen-bond donors (Lipinski definition) is 2. The van der Waals surface area contributed by atoms with Gasteiger partial charge in [0.25, 0.3) is 0 Å². The minimum absolute atomic E-state index is 0.0502. The zero-order valence-electron chi connectivity index (χ0n) is 9.89. The minimum Gasteiger partial charge on any atom is -0.342 e. The molecule has 0 saturated carbocycles. The summed E-state index contributed by atoms with van der Waals surface area (Å²) in [6, 6.07) is -0.385. The van der Waals surface area contributed by atoms with E-state index in [4.69, 9.17) is 0 Å². The summed E-state index contributed by atoms with van der Waals surface area (Å²) in [5.74, 6) is 0.0137. The van der Waals surface area contributed by atoms with E-state index in [0.717, 1.165) is 0 Å². The maximum atomic E-state index is 11.9. The number of amides is 2. The molecule has 4 heteroatoms. The molecule has 1 unspecified atom stereocenters. The zero-order valence-corrected chi connectivity index (χ0v) is 9.89. The number of hydrogen-bond acceptors (Lipinski definition) is 2. The van der Waals surface area contributed by atoms with Gasteiger partial charge in [0.05, 0.1) is 0 Å². The lowest BCUT2D eigenvalue weighted by molar-refractivity contribution is -0.143. The van der Waals surface area contributed by atoms with Gasteiger partial charge in [0, 0.05) is 0 Å². The Labute approximate surface area is 90.8 Å². The summed E-state index contributed by atoms with van der Waals surface area (Å²) < 4.78 is 0. The molecule has 2 amide bonds. The molecule has 1 fully saturated rings. The largest absolute Gasteiger partial charge is 0.342 e. The first-order valence-corrected chi connectivity index (χ1v) is 5.59. The van der Waals surface area contributed by atoms with Crippen molar-refractivity contribution in [3.05, 3.63) is 0 Å². The molecule has 0 spiro atoms. The van der Waals surface area contributed by atoms with Crippen molar-refractivity contribution >= 4 is 11.8 Å². The normalized spacial score (nSPS) is 25.0. The van der Waals surface area contributed by atoms with Crippen LogP contribution in [0.3, 0.4) is 0 Å². The zero-order chi connectivity index (χ0) is 11.6. The molecule has 1 aliphatic heterocycles. The Bertz CT molecular complexity index is 270. The first-order chi connectivity index (χ1) is 6.96. The molecule has 1 heterocycles. The fraction of sp³-hybridized carbons (Fsp3) is 0.818. The van der Waals surface area contributed by atoms with E-state index in [-0.39, 0.29) is 23.8 Å². The highest BCUT2D eigenvalue weighted by Gasteiger charge is 2.44. The molecule has 1 rings (SSSR count). The molecule has 1 atom stereocenters. The average molecular weight is 212 g/mol. The van der Waals surface area contributed by atoms with Gasteiger partial charge in [0.1, 0.15) is 11.6 Å². The van der Waals surface area contributed by atoms with Crippen LogP contribution in [-0.4, -0.2) is 23.4 Å². The van der Waals surface area contributed by atoms with E-state index >= 15 is 0 Å². The van der Waals surface area contributed by atoms with E-state index in [0.29, 0.717) is 12.8 Å². The minimum atomic E-state index is -0.692. The fourth-order valence-electron chi connectivity index (χ4n) is 1.93. The van der Waals surface area contributed by atoms with Crippen LogP contribution in [-0.2, 0) is 9.59 Å². The van der Waals surface area contributed by atoms with Crippen molar-refractivity contribution in [2.75, 3.05) is 0 Å². The molecule has 15 heavy (non-hydrogen) atoms. The number of piperazine rings is 1. The Hall–Kier alpha value is -1.06. The molecule has 0 radical (unpaired) electrons. The molecule has 1 aliphatic rings. The highest BCUT2D eigenvalue weighted by atomic mass is 16.2. The van der Waals surface area contributed by atoms with Gasteiger partial charge in [-0.15, -0.1) is 0 Å². The summed E-state index contributed by atoms with van der Waals surface area (Å²) in [6.07, 6.45) is 1.26. The molecule has 0 bridgehead atoms. The molecular formula is C11H20N2O2. The molecule has 0 aliphatic carbocycles. The lowest BCUT2D eigenvalue weighted by Crippen LogP contribution is -2.69. The third kappa shape index (κ3) is 1.98. The first-order valence-electron chi connectivity index (χ1n) is 5.59. The van der Waals surface area contributed by atoms with Crippen molar-refractivity contribution in [3.8, 4) is 0 Å². The molecule has 0 aromatic carbocycles. The van der Waals surface area contributed by atoms with Crippen LogP contribution in [0.4, 0.5) is 0 Å². The number of carbonyl (C=O) groups is 2. The van der Waals surface area contributed by atoms with E-state index in [1.165, 1.54) is 0 Å². The van der Waals surface area contributed by atoms with Gasteiger partial charge in [-0.05, 0) is 18.8 Å². The molecule has 86 valence electrons. The second-order valence-corrected chi connectivity index (χ2v) is 4.47. The van der Waals surface area contributed by atoms with Crippen molar-refractivity contribution in [2.45, 2.75) is 52.1 Å². The van der Waals surface area contributed by atoms with Crippen LogP contribution in [0.15, 0.2) is 0 Å². The molecule has 4 nitrogen and oxygen atoms in total. The summed E-state index contributed by atoms with van der Waals surface area (Å²) in [7, 11) is 0. The van der Waals surface area contributed by atoms with E-state index in [2.05, 4.69) is 10.6 Å². The molecule has 0 aromatic heterocycles. The first kappa shape index (κ1) is 12.0. The van der Waals surface area contributed by atoms with Gasteiger partial charge in [0.2, 0.25) is 11.8 Å². The van der Waals surface area contributed by atoms with Crippen LogP contribution >= 0.6 is 0 Å². The quantitative estimate of drug-likeness (QED) is 0.727. The fourth-order valence-corrected chi connectivity index (χ4v) is 1.93. The maximum absolute atomic E-state index is 11.9. The van der Waals surface area contributed by atoms with E-state index in [1.807, 2.05) is 27.7 Å². The Kier molecular flexibility index (Phi) is 3.37. The lowest BCUT2D eigenvalue weighted by atomic mass is 9.86. The van der Waals surface area contributed by atoms with Crippen LogP contribution in [0.25, 0.3) is 0 Å². The van der Waals surface area contributed by atoms with E-state index in [1.54, 1.807) is 0 Å². The summed E-state index contributed by atoms with van der Waals surface area (Å²) >= 11 is 0. The van der Waals surface area contributed by atoms with Gasteiger partial charge >= 0.3 is 0 Å². The molecule has 2 N–H and O–H groups in total. The number of nitrogens with one attached hydrogen (secondary N) is 2. The molecular weight excluding hydrogens is 192 g/mol. The second kappa shape index (κ2) is 4.21. The third-order valence-electron chi connectivity index (χ3n) is 3.24. The summed E-state index contributed by atoms with van der Waals surface area (Å²) in [4.78, 5) is 23.7. The van der Waals surface area contributed by atoms with Crippen LogP contribution in [0.1, 0.15) is 40.5 Å². The van der Waals surface area contributed by atoms with Crippen LogP contribution in [0.2, 0.25) is 0 Å². The van der Waals surface area contributed by atoms with Crippen molar-refractivity contribution in [2.24, 2.45) is 5.92 Å². The van der Waals surface area contributed by atoms with Crippen LogP contribution in [0, 0.1) is 5.92 Å². The highest BCUT2D eigenvalue weighted by Crippen LogP contribution is 2.21. The van der Waals surface area contributed by atoms with E-state index < -0.39 is 5.54 Å². The lowest BCUT2D eigenvalue weighted by Gasteiger charge is -2.40. The van der Waals surface area contributed by atoms with Gasteiger partial charge in [-0.25, -0.2) is 0 Å². The van der Waals surface area contributed by atoms with Crippen LogP contribution in [0.5, 0.6) is 0 Å². The number of rotatable bonds is 3. The van der Waals surface area contributed by atoms with Crippen molar-refractivity contribution < 1.29 is 9.59 Å². The monoisotopic (exact) mass is 212 g/mol. The van der Waals surface area contributed by atoms with Gasteiger partial charge in [-0.1, -0.05) is 27.7 Å². The van der Waals surface area contributed by atoms with E-state index in [9.17, 15) is 9.59 Å². The standard InChI is InChI=1S/C11H20N2O2/c1-5-11(6-2)10(15)12-8(7(3)4)9(14)13-11/h7-8H,5-6H2,1-4H3,(H,12,15)(H,13,14). The predicted octanol–water partition coefficient (Wildman–Crippen LogP) is 0.816.